The lowest BCUT2D eigenvalue weighted by molar-refractivity contribution is -0.384. The third-order valence-corrected chi connectivity index (χ3v) is 3.83. The van der Waals surface area contributed by atoms with Crippen LogP contribution in [0.3, 0.4) is 0 Å². The maximum absolute atomic E-state index is 11.9. The second-order valence-corrected chi connectivity index (χ2v) is 5.80. The maximum atomic E-state index is 11.9. The highest BCUT2D eigenvalue weighted by Gasteiger charge is 2.11. The van der Waals surface area contributed by atoms with Crippen LogP contribution >= 0.6 is 11.6 Å². The topological polar surface area (TPSA) is 111 Å². The van der Waals surface area contributed by atoms with Gasteiger partial charge in [-0.15, -0.1) is 0 Å². The molecular formula is C18H13ClN4O4. The Hall–Kier alpha value is -3.52. The summed E-state index contributed by atoms with van der Waals surface area (Å²) in [6.45, 7) is 0.0373. The summed E-state index contributed by atoms with van der Waals surface area (Å²) in [6, 6.07) is 13.0. The quantitative estimate of drug-likeness (QED) is 0.394. The van der Waals surface area contributed by atoms with E-state index < -0.39 is 10.8 Å². The fraction of sp³-hybridized carbons (Fsp3) is 0.0556. The summed E-state index contributed by atoms with van der Waals surface area (Å²) in [5, 5.41) is 17.7. The van der Waals surface area contributed by atoms with E-state index in [2.05, 4.69) is 15.5 Å². The molecule has 8 nitrogen and oxygen atoms in total. The van der Waals surface area contributed by atoms with E-state index in [0.29, 0.717) is 22.0 Å². The van der Waals surface area contributed by atoms with Crippen LogP contribution in [0.5, 0.6) is 0 Å². The third-order valence-electron chi connectivity index (χ3n) is 3.50. The van der Waals surface area contributed by atoms with Gasteiger partial charge in [-0.3, -0.25) is 14.9 Å². The molecule has 136 valence electrons. The highest BCUT2D eigenvalue weighted by atomic mass is 35.5. The zero-order valence-electron chi connectivity index (χ0n) is 13.8. The zero-order valence-corrected chi connectivity index (χ0v) is 14.6. The molecule has 1 amide bonds. The molecule has 0 bridgehead atoms. The number of halogens is 1. The van der Waals surface area contributed by atoms with Gasteiger partial charge >= 0.3 is 0 Å². The van der Waals surface area contributed by atoms with Gasteiger partial charge in [0.25, 0.3) is 5.69 Å². The van der Waals surface area contributed by atoms with E-state index >= 15 is 0 Å². The summed E-state index contributed by atoms with van der Waals surface area (Å²) in [5.41, 5.74) is 1.12. The number of rotatable bonds is 6. The van der Waals surface area contributed by atoms with Gasteiger partial charge in [0, 0.05) is 23.8 Å². The van der Waals surface area contributed by atoms with Crippen molar-refractivity contribution < 1.29 is 14.2 Å². The third kappa shape index (κ3) is 4.77. The van der Waals surface area contributed by atoms with E-state index in [-0.39, 0.29) is 18.1 Å². The van der Waals surface area contributed by atoms with E-state index in [1.54, 1.807) is 36.4 Å². The van der Waals surface area contributed by atoms with Gasteiger partial charge in [0.05, 0.1) is 16.5 Å². The summed E-state index contributed by atoms with van der Waals surface area (Å²) >= 11 is 6.08. The van der Waals surface area contributed by atoms with Gasteiger partial charge in [-0.2, -0.15) is 4.98 Å². The molecule has 0 aliphatic carbocycles. The lowest BCUT2D eigenvalue weighted by atomic mass is 10.2. The number of nitro groups is 1. The van der Waals surface area contributed by atoms with Crippen LogP contribution in [-0.2, 0) is 11.3 Å². The predicted molar refractivity (Wildman–Crippen MR) is 98.7 cm³/mol. The first-order chi connectivity index (χ1) is 13.0. The number of hydrogen-bond donors (Lipinski definition) is 1. The predicted octanol–water partition coefficient (Wildman–Crippen LogP) is 3.63. The average molecular weight is 385 g/mol. The Morgan fingerprint density at radius 1 is 1.26 bits per heavy atom. The number of nitrogens with zero attached hydrogens (tertiary/aromatic N) is 3. The Morgan fingerprint density at radius 2 is 2.07 bits per heavy atom. The number of carbonyl (C=O) groups is 1. The first-order valence-electron chi connectivity index (χ1n) is 7.81. The van der Waals surface area contributed by atoms with Crippen molar-refractivity contribution in [1.29, 1.82) is 0 Å². The van der Waals surface area contributed by atoms with Crippen molar-refractivity contribution in [1.82, 2.24) is 15.5 Å². The highest BCUT2D eigenvalue weighted by molar-refractivity contribution is 6.33. The normalized spacial score (nSPS) is 10.9. The number of benzene rings is 2. The molecule has 1 aromatic heterocycles. The van der Waals surface area contributed by atoms with Crippen LogP contribution in [0.4, 0.5) is 5.69 Å². The molecule has 1 heterocycles. The van der Waals surface area contributed by atoms with Crippen LogP contribution in [0.1, 0.15) is 11.5 Å². The first kappa shape index (κ1) is 18.3. The molecule has 0 saturated heterocycles. The molecule has 0 fully saturated rings. The number of non-ortho nitro benzene ring substituents is 1. The standard InChI is InChI=1S/C18H13ClN4O4/c19-15-7-2-1-6-14(15)18-21-17(27-22-18)11-20-16(24)9-8-12-4-3-5-13(10-12)23(25)26/h1-10H,11H2,(H,20,24)/b9-8+. The Bertz CT molecular complexity index is 1020. The molecule has 3 aromatic rings. The van der Waals surface area contributed by atoms with Gasteiger partial charge in [-0.1, -0.05) is 41.0 Å². The van der Waals surface area contributed by atoms with Crippen molar-refractivity contribution in [2.75, 3.05) is 0 Å². The van der Waals surface area contributed by atoms with Crippen LogP contribution in [0, 0.1) is 10.1 Å². The summed E-state index contributed by atoms with van der Waals surface area (Å²) in [6.07, 6.45) is 2.75. The number of nitrogens with one attached hydrogen (secondary N) is 1. The number of hydrogen-bond acceptors (Lipinski definition) is 6. The molecule has 3 rings (SSSR count). The minimum absolute atomic E-state index is 0.0373. The van der Waals surface area contributed by atoms with E-state index in [4.69, 9.17) is 16.1 Å². The second kappa shape index (κ2) is 8.24. The van der Waals surface area contributed by atoms with Crippen molar-refractivity contribution in [3.05, 3.63) is 81.2 Å². The number of amides is 1. The lowest BCUT2D eigenvalue weighted by Crippen LogP contribution is -2.20. The average Bonchev–Trinajstić information content (AvgIpc) is 3.14. The Morgan fingerprint density at radius 3 is 2.85 bits per heavy atom. The first-order valence-corrected chi connectivity index (χ1v) is 8.18. The fourth-order valence-electron chi connectivity index (χ4n) is 2.21. The Kier molecular flexibility index (Phi) is 5.58. The Balaban J connectivity index is 1.59. The molecule has 9 heteroatoms. The molecule has 0 aliphatic rings. The molecule has 0 spiro atoms. The summed E-state index contributed by atoms with van der Waals surface area (Å²) in [4.78, 5) is 26.3. The van der Waals surface area contributed by atoms with E-state index in [1.807, 2.05) is 0 Å². The van der Waals surface area contributed by atoms with Crippen molar-refractivity contribution in [2.24, 2.45) is 0 Å². The van der Waals surface area contributed by atoms with Crippen molar-refractivity contribution in [3.8, 4) is 11.4 Å². The summed E-state index contributed by atoms with van der Waals surface area (Å²) in [5.74, 6) is 0.151. The maximum Gasteiger partial charge on any atom is 0.270 e. The van der Waals surface area contributed by atoms with Crippen LogP contribution in [-0.4, -0.2) is 21.0 Å². The van der Waals surface area contributed by atoms with Gasteiger partial charge in [-0.05, 0) is 23.8 Å². The summed E-state index contributed by atoms with van der Waals surface area (Å²) in [7, 11) is 0. The summed E-state index contributed by atoms with van der Waals surface area (Å²) < 4.78 is 5.10. The van der Waals surface area contributed by atoms with Crippen LogP contribution < -0.4 is 5.32 Å². The molecule has 0 aliphatic heterocycles. The number of nitro benzene ring substituents is 1. The van der Waals surface area contributed by atoms with Crippen molar-refractivity contribution in [2.45, 2.75) is 6.54 Å². The minimum atomic E-state index is -0.496. The lowest BCUT2D eigenvalue weighted by Gasteiger charge is -1.98. The van der Waals surface area contributed by atoms with Gasteiger partial charge in [0.1, 0.15) is 0 Å². The molecule has 0 atom stereocenters. The highest BCUT2D eigenvalue weighted by Crippen LogP contribution is 2.24. The van der Waals surface area contributed by atoms with Crippen LogP contribution in [0.25, 0.3) is 17.5 Å². The number of carbonyl (C=O) groups excluding carboxylic acids is 1. The second-order valence-electron chi connectivity index (χ2n) is 5.39. The van der Waals surface area contributed by atoms with E-state index in [0.717, 1.165) is 0 Å². The fourth-order valence-corrected chi connectivity index (χ4v) is 2.43. The molecule has 0 radical (unpaired) electrons. The van der Waals surface area contributed by atoms with Gasteiger partial charge in [-0.25, -0.2) is 0 Å². The molecule has 2 aromatic carbocycles. The van der Waals surface area contributed by atoms with Gasteiger partial charge in [0.2, 0.25) is 17.6 Å². The monoisotopic (exact) mass is 384 g/mol. The van der Waals surface area contributed by atoms with E-state index in [9.17, 15) is 14.9 Å². The van der Waals surface area contributed by atoms with Crippen LogP contribution in [0.15, 0.2) is 59.1 Å². The van der Waals surface area contributed by atoms with Gasteiger partial charge in [0.15, 0.2) is 0 Å². The van der Waals surface area contributed by atoms with Crippen molar-refractivity contribution >= 4 is 29.3 Å². The van der Waals surface area contributed by atoms with Crippen molar-refractivity contribution in [3.63, 3.8) is 0 Å². The molecule has 27 heavy (non-hydrogen) atoms. The molecular weight excluding hydrogens is 372 g/mol. The van der Waals surface area contributed by atoms with E-state index in [1.165, 1.54) is 24.3 Å². The minimum Gasteiger partial charge on any atom is -0.343 e. The zero-order chi connectivity index (χ0) is 19.2. The number of aromatic nitrogens is 2. The molecule has 0 unspecified atom stereocenters. The smallest absolute Gasteiger partial charge is 0.270 e. The molecule has 1 N–H and O–H groups in total. The van der Waals surface area contributed by atoms with Gasteiger partial charge < -0.3 is 9.84 Å². The SMILES string of the molecule is O=C(/C=C/c1cccc([N+](=O)[O-])c1)NCc1nc(-c2ccccc2Cl)no1. The Labute approximate surface area is 158 Å². The molecule has 0 saturated carbocycles. The largest absolute Gasteiger partial charge is 0.343 e. The van der Waals surface area contributed by atoms with Crippen LogP contribution in [0.2, 0.25) is 5.02 Å².